The number of hydrogen-bond donors (Lipinski definition) is 1. The van der Waals surface area contributed by atoms with Crippen molar-refractivity contribution in [1.82, 2.24) is 3.97 Å². The fourth-order valence-corrected chi connectivity index (χ4v) is 15.3. The first-order valence-electron chi connectivity index (χ1n) is 23.5. The molecule has 1 saturated heterocycles. The van der Waals surface area contributed by atoms with Gasteiger partial charge in [0.1, 0.15) is 18.3 Å². The Labute approximate surface area is 412 Å². The van der Waals surface area contributed by atoms with Gasteiger partial charge in [-0.3, -0.25) is 0 Å². The highest BCUT2D eigenvalue weighted by atomic mass is 32.2. The molecule has 0 radical (unpaired) electrons. The number of hydrogen-bond acceptors (Lipinski definition) is 8. The molecule has 70 heavy (non-hydrogen) atoms. The van der Waals surface area contributed by atoms with E-state index in [4.69, 9.17) is 23.4 Å². The Morgan fingerprint density at radius 2 is 1.04 bits per heavy atom. The predicted molar refractivity (Wildman–Crippen MR) is 276 cm³/mol. The lowest BCUT2D eigenvalue weighted by atomic mass is 9.91. The van der Waals surface area contributed by atoms with Crippen LogP contribution in [0.25, 0.3) is 10.9 Å². The van der Waals surface area contributed by atoms with E-state index in [9.17, 15) is 13.5 Å². The zero-order valence-corrected chi connectivity index (χ0v) is 41.3. The van der Waals surface area contributed by atoms with E-state index in [0.717, 1.165) is 27.1 Å². The van der Waals surface area contributed by atoms with Crippen molar-refractivity contribution in [1.29, 1.82) is 0 Å². The summed E-state index contributed by atoms with van der Waals surface area (Å²) in [4.78, 5) is 0.127. The van der Waals surface area contributed by atoms with Gasteiger partial charge < -0.3 is 28.5 Å². The van der Waals surface area contributed by atoms with E-state index in [1.807, 2.05) is 140 Å². The molecule has 1 aromatic heterocycles. The molecule has 0 aliphatic carbocycles. The minimum Gasteiger partial charge on any atom is -0.405 e. The fraction of sp³-hybridized carbons (Fsp3) is 0.220. The zero-order chi connectivity index (χ0) is 48.6. The van der Waals surface area contributed by atoms with Crippen LogP contribution in [0.2, 0.25) is 5.04 Å². The van der Waals surface area contributed by atoms with Gasteiger partial charge >= 0.3 is 0 Å². The quantitative estimate of drug-likeness (QED) is 0.0755. The average molecular weight is 968 g/mol. The van der Waals surface area contributed by atoms with Crippen molar-refractivity contribution < 1.29 is 36.9 Å². The molecule has 1 N–H and O–H groups in total. The highest BCUT2D eigenvalue weighted by Gasteiger charge is 2.58. The maximum Gasteiger partial charge on any atom is 0.268 e. The molecule has 0 saturated carbocycles. The Balaban J connectivity index is 1.20. The van der Waals surface area contributed by atoms with E-state index in [1.165, 1.54) is 10.2 Å². The van der Waals surface area contributed by atoms with Crippen molar-refractivity contribution in [2.75, 3.05) is 6.61 Å². The van der Waals surface area contributed by atoms with Gasteiger partial charge in [-0.2, -0.15) is 0 Å². The van der Waals surface area contributed by atoms with Gasteiger partial charge in [0.2, 0.25) is 0 Å². The van der Waals surface area contributed by atoms with Gasteiger partial charge in [0.25, 0.3) is 24.1 Å². The summed E-state index contributed by atoms with van der Waals surface area (Å²) in [5, 5.41) is 15.8. The molecule has 5 atom stereocenters. The van der Waals surface area contributed by atoms with Gasteiger partial charge in [-0.05, 0) is 56.2 Å². The van der Waals surface area contributed by atoms with E-state index in [-0.39, 0.29) is 36.4 Å². The number of ether oxygens (including phenoxy) is 4. The van der Waals surface area contributed by atoms with E-state index in [2.05, 4.69) is 56.9 Å². The van der Waals surface area contributed by atoms with Gasteiger partial charge in [0, 0.05) is 11.6 Å². The molecule has 1 unspecified atom stereocenters. The fourth-order valence-electron chi connectivity index (χ4n) is 9.37. The van der Waals surface area contributed by atoms with Crippen molar-refractivity contribution >= 4 is 39.6 Å². The largest absolute Gasteiger partial charge is 0.405 e. The normalized spacial score (nSPS) is 19.6. The van der Waals surface area contributed by atoms with Crippen LogP contribution in [-0.4, -0.2) is 62.6 Å². The molecule has 1 aliphatic rings. The third-order valence-electron chi connectivity index (χ3n) is 12.8. The summed E-state index contributed by atoms with van der Waals surface area (Å²) in [6, 6.07) is 65.5. The molecule has 11 heteroatoms. The summed E-state index contributed by atoms with van der Waals surface area (Å²) in [5.74, 6) is 3.93. The number of nitrogens with zero attached hydrogens (tertiary/aromatic N) is 1. The summed E-state index contributed by atoms with van der Waals surface area (Å²) >= 11 is 0. The van der Waals surface area contributed by atoms with Crippen molar-refractivity contribution in [3.63, 3.8) is 0 Å². The smallest absolute Gasteiger partial charge is 0.268 e. The maximum atomic E-state index is 14.2. The van der Waals surface area contributed by atoms with Crippen molar-refractivity contribution in [2.24, 2.45) is 0 Å². The predicted octanol–water partition coefficient (Wildman–Crippen LogP) is 9.65. The van der Waals surface area contributed by atoms with Crippen LogP contribution >= 0.6 is 0 Å². The SMILES string of the molecule is CC(C)(C)[Si](OC[C@H]1OC(O)(C#Cc2cn(S(=O)(=O)c3ccccc3)c3ccccc23)[C@H](OCc2ccccc2)[C@@H](OCc2ccccc2)[C@@H]1OCc1ccccc1)(c1ccccc1)c1ccccc1. The summed E-state index contributed by atoms with van der Waals surface area (Å²) in [7, 11) is -7.23. The standard InChI is InChI=1S/C59H57NO8SSi/c1-58(2,3)70(50-32-18-8-19-33-50,51-34-20-9-21-35-51)67-44-54-55(64-41-45-24-10-4-11-25-45)56(65-42-46-26-12-5-13-27-46)57(66-43-47-28-14-6-15-29-47)59(61,68-54)39-38-48-40-60(53-37-23-22-36-52(48)53)69(62,63)49-30-16-7-17-31-49/h4-37,40,54-57,61H,41-44H2,1-3H3/t54-,55-,56+,57-,59?/m1/s1. The van der Waals surface area contributed by atoms with E-state index in [1.54, 1.807) is 42.5 Å². The van der Waals surface area contributed by atoms with Crippen LogP contribution in [0.15, 0.2) is 217 Å². The first kappa shape index (κ1) is 48.6. The van der Waals surface area contributed by atoms with Gasteiger partial charge in [-0.15, -0.1) is 0 Å². The monoisotopic (exact) mass is 967 g/mol. The number of benzene rings is 7. The second kappa shape index (κ2) is 21.3. The maximum absolute atomic E-state index is 14.2. The van der Waals surface area contributed by atoms with Crippen molar-refractivity contribution in [3.05, 3.63) is 235 Å². The van der Waals surface area contributed by atoms with Gasteiger partial charge in [-0.25, -0.2) is 12.4 Å². The summed E-state index contributed by atoms with van der Waals surface area (Å²) in [6.45, 7) is 7.02. The van der Waals surface area contributed by atoms with Crippen LogP contribution in [0.1, 0.15) is 43.0 Å². The minimum atomic E-state index is -4.04. The molecular weight excluding hydrogens is 911 g/mol. The van der Waals surface area contributed by atoms with Crippen LogP contribution in [0.4, 0.5) is 0 Å². The van der Waals surface area contributed by atoms with Crippen LogP contribution < -0.4 is 10.4 Å². The molecular formula is C59H57NO8SSi. The second-order valence-corrected chi connectivity index (χ2v) is 24.6. The molecule has 7 aromatic carbocycles. The lowest BCUT2D eigenvalue weighted by molar-refractivity contribution is -0.345. The summed E-state index contributed by atoms with van der Waals surface area (Å²) in [6.07, 6.45) is -2.63. The summed E-state index contributed by atoms with van der Waals surface area (Å²) in [5.41, 5.74) is 3.48. The molecule has 2 heterocycles. The summed E-state index contributed by atoms with van der Waals surface area (Å²) < 4.78 is 65.0. The first-order valence-corrected chi connectivity index (χ1v) is 26.9. The number of aromatic nitrogens is 1. The van der Waals surface area contributed by atoms with Crippen molar-refractivity contribution in [3.8, 4) is 11.8 Å². The topological polar surface area (TPSA) is 105 Å². The molecule has 8 aromatic rings. The van der Waals surface area contributed by atoms with Gasteiger partial charge in [-0.1, -0.05) is 215 Å². The number of fused-ring (bicyclic) bond motifs is 1. The zero-order valence-electron chi connectivity index (χ0n) is 39.5. The van der Waals surface area contributed by atoms with Gasteiger partial charge in [0.05, 0.1) is 42.4 Å². The van der Waals surface area contributed by atoms with E-state index in [0.29, 0.717) is 16.5 Å². The molecule has 9 nitrogen and oxygen atoms in total. The molecule has 1 fully saturated rings. The number of aliphatic hydroxyl groups is 1. The highest BCUT2D eigenvalue weighted by Crippen LogP contribution is 2.40. The molecule has 9 rings (SSSR count). The second-order valence-electron chi connectivity index (χ2n) is 18.5. The Kier molecular flexibility index (Phi) is 14.8. The Bertz CT molecular complexity index is 3090. The number of rotatable bonds is 16. The molecule has 356 valence electrons. The van der Waals surface area contributed by atoms with Crippen LogP contribution in [-0.2, 0) is 53.2 Å². The van der Waals surface area contributed by atoms with Crippen molar-refractivity contribution in [2.45, 2.75) is 80.7 Å². The minimum absolute atomic E-state index is 0.0258. The first-order chi connectivity index (χ1) is 34.0. The van der Waals surface area contributed by atoms with E-state index < -0.39 is 48.5 Å². The third kappa shape index (κ3) is 10.4. The Morgan fingerprint density at radius 1 is 0.600 bits per heavy atom. The highest BCUT2D eigenvalue weighted by molar-refractivity contribution is 7.90. The lowest BCUT2D eigenvalue weighted by Crippen LogP contribution is -2.70. The van der Waals surface area contributed by atoms with E-state index >= 15 is 0 Å². The molecule has 0 amide bonds. The van der Waals surface area contributed by atoms with Crippen LogP contribution in [0, 0.1) is 11.8 Å². The lowest BCUT2D eigenvalue weighted by Gasteiger charge is -2.50. The molecule has 0 bridgehead atoms. The van der Waals surface area contributed by atoms with Crippen LogP contribution in [0.5, 0.6) is 0 Å². The molecule has 0 spiro atoms. The molecule has 1 aliphatic heterocycles. The number of para-hydroxylation sites is 1. The Hall–Kier alpha value is -6.43. The average Bonchev–Trinajstić information content (AvgIpc) is 3.78. The third-order valence-corrected chi connectivity index (χ3v) is 19.5. The van der Waals surface area contributed by atoms with Gasteiger partial charge in [0.15, 0.2) is 6.10 Å². The van der Waals surface area contributed by atoms with Crippen LogP contribution in [0.3, 0.4) is 0 Å². The Morgan fingerprint density at radius 3 is 1.56 bits per heavy atom.